The van der Waals surface area contributed by atoms with Crippen molar-refractivity contribution in [3.05, 3.63) is 29.8 Å². The van der Waals surface area contributed by atoms with Gasteiger partial charge in [-0.3, -0.25) is 9.59 Å². The molecule has 1 aromatic rings. The Hall–Kier alpha value is -1.88. The van der Waals surface area contributed by atoms with Gasteiger partial charge in [-0.1, -0.05) is 19.3 Å². The van der Waals surface area contributed by atoms with Gasteiger partial charge in [-0.2, -0.15) is 0 Å². The quantitative estimate of drug-likeness (QED) is 0.794. The van der Waals surface area contributed by atoms with E-state index in [0.717, 1.165) is 32.1 Å². The molecule has 21 heavy (non-hydrogen) atoms. The van der Waals surface area contributed by atoms with Crippen LogP contribution in [-0.4, -0.2) is 29.1 Å². The van der Waals surface area contributed by atoms with Crippen molar-refractivity contribution in [1.82, 2.24) is 5.32 Å². The third-order valence-electron chi connectivity index (χ3n) is 3.96. The molecule has 1 saturated carbocycles. The number of carbonyl (C=O) groups excluding carboxylic acids is 2. The lowest BCUT2D eigenvalue weighted by Crippen LogP contribution is -2.52. The second-order valence-electron chi connectivity index (χ2n) is 5.71. The van der Waals surface area contributed by atoms with Crippen LogP contribution in [0.3, 0.4) is 0 Å². The van der Waals surface area contributed by atoms with E-state index in [1.54, 1.807) is 24.3 Å². The van der Waals surface area contributed by atoms with Crippen LogP contribution in [0.15, 0.2) is 24.3 Å². The Labute approximate surface area is 124 Å². The number of hydrogen-bond donors (Lipinski definition) is 3. The van der Waals surface area contributed by atoms with Crippen LogP contribution in [0.4, 0.5) is 5.69 Å². The fourth-order valence-corrected chi connectivity index (χ4v) is 2.77. The highest BCUT2D eigenvalue weighted by Gasteiger charge is 2.33. The predicted molar refractivity (Wildman–Crippen MR) is 81.1 cm³/mol. The highest BCUT2D eigenvalue weighted by atomic mass is 16.3. The average Bonchev–Trinajstić information content (AvgIpc) is 2.48. The number of nitrogens with one attached hydrogen (secondary N) is 2. The Kier molecular flexibility index (Phi) is 4.96. The van der Waals surface area contributed by atoms with E-state index in [-0.39, 0.29) is 18.4 Å². The molecule has 5 heteroatoms. The minimum Gasteiger partial charge on any atom is -0.394 e. The average molecular weight is 290 g/mol. The van der Waals surface area contributed by atoms with Crippen molar-refractivity contribution in [3.63, 3.8) is 0 Å². The third-order valence-corrected chi connectivity index (χ3v) is 3.96. The van der Waals surface area contributed by atoms with Crippen molar-refractivity contribution >= 4 is 17.5 Å². The summed E-state index contributed by atoms with van der Waals surface area (Å²) >= 11 is 0. The first-order valence-electron chi connectivity index (χ1n) is 7.36. The van der Waals surface area contributed by atoms with Gasteiger partial charge in [0.15, 0.2) is 0 Å². The van der Waals surface area contributed by atoms with E-state index >= 15 is 0 Å². The first kappa shape index (κ1) is 15.5. The van der Waals surface area contributed by atoms with E-state index < -0.39 is 5.54 Å². The minimum absolute atomic E-state index is 0.0251. The molecule has 3 N–H and O–H groups in total. The fourth-order valence-electron chi connectivity index (χ4n) is 2.77. The lowest BCUT2D eigenvalue weighted by molar-refractivity contribution is -0.114. The fraction of sp³-hybridized carbons (Fsp3) is 0.500. The molecular weight excluding hydrogens is 268 g/mol. The topological polar surface area (TPSA) is 78.4 Å². The zero-order valence-electron chi connectivity index (χ0n) is 12.3. The SMILES string of the molecule is CC(=O)Nc1ccc(C(=O)NC2(CO)CCCCC2)cc1. The van der Waals surface area contributed by atoms with Gasteiger partial charge >= 0.3 is 0 Å². The van der Waals surface area contributed by atoms with E-state index in [1.165, 1.54) is 6.92 Å². The maximum atomic E-state index is 12.3. The summed E-state index contributed by atoms with van der Waals surface area (Å²) in [5.74, 6) is -0.325. The molecule has 0 aromatic heterocycles. The number of hydrogen-bond acceptors (Lipinski definition) is 3. The summed E-state index contributed by atoms with van der Waals surface area (Å²) in [7, 11) is 0. The predicted octanol–water partition coefficient (Wildman–Crippen LogP) is 2.07. The molecule has 1 aliphatic carbocycles. The van der Waals surface area contributed by atoms with Gasteiger partial charge in [-0.05, 0) is 37.1 Å². The maximum Gasteiger partial charge on any atom is 0.251 e. The van der Waals surface area contributed by atoms with Crippen molar-refractivity contribution in [2.24, 2.45) is 0 Å². The molecule has 0 unspecified atom stereocenters. The molecular formula is C16H22N2O3. The smallest absolute Gasteiger partial charge is 0.251 e. The van der Waals surface area contributed by atoms with Gasteiger partial charge in [-0.25, -0.2) is 0 Å². The largest absolute Gasteiger partial charge is 0.394 e. The first-order chi connectivity index (χ1) is 10.0. The van der Waals surface area contributed by atoms with Crippen LogP contribution in [0.2, 0.25) is 0 Å². The summed E-state index contributed by atoms with van der Waals surface area (Å²) in [5, 5.41) is 15.3. The molecule has 1 aliphatic rings. The lowest BCUT2D eigenvalue weighted by Gasteiger charge is -2.36. The van der Waals surface area contributed by atoms with Crippen LogP contribution in [0.25, 0.3) is 0 Å². The molecule has 0 aliphatic heterocycles. The molecule has 0 saturated heterocycles. The summed E-state index contributed by atoms with van der Waals surface area (Å²) in [6.07, 6.45) is 4.85. The molecule has 2 rings (SSSR count). The normalized spacial score (nSPS) is 17.0. The second kappa shape index (κ2) is 6.72. The highest BCUT2D eigenvalue weighted by molar-refractivity contribution is 5.95. The number of rotatable bonds is 4. The van der Waals surface area contributed by atoms with Gasteiger partial charge < -0.3 is 15.7 Å². The molecule has 0 bridgehead atoms. The van der Waals surface area contributed by atoms with Crippen LogP contribution < -0.4 is 10.6 Å². The van der Waals surface area contributed by atoms with E-state index in [4.69, 9.17) is 0 Å². The zero-order chi connectivity index (χ0) is 15.3. The maximum absolute atomic E-state index is 12.3. The van der Waals surface area contributed by atoms with Gasteiger partial charge in [0, 0.05) is 18.2 Å². The molecule has 1 fully saturated rings. The molecule has 0 radical (unpaired) electrons. The van der Waals surface area contributed by atoms with Gasteiger partial charge in [-0.15, -0.1) is 0 Å². The van der Waals surface area contributed by atoms with Gasteiger partial charge in [0.1, 0.15) is 0 Å². The van der Waals surface area contributed by atoms with E-state index in [9.17, 15) is 14.7 Å². The monoisotopic (exact) mass is 290 g/mol. The summed E-state index contributed by atoms with van der Waals surface area (Å²) in [5.41, 5.74) is 0.710. The lowest BCUT2D eigenvalue weighted by atomic mass is 9.82. The number of aliphatic hydroxyl groups is 1. The number of benzene rings is 1. The number of carbonyl (C=O) groups is 2. The standard InChI is InChI=1S/C16H22N2O3/c1-12(20)17-14-7-5-13(6-8-14)15(21)18-16(11-19)9-3-2-4-10-16/h5-8,19H,2-4,9-11H2,1H3,(H,17,20)(H,18,21). The Morgan fingerprint density at radius 1 is 1.14 bits per heavy atom. The highest BCUT2D eigenvalue weighted by Crippen LogP contribution is 2.28. The number of anilines is 1. The summed E-state index contributed by atoms with van der Waals surface area (Å²) in [6, 6.07) is 6.74. The number of amides is 2. The van der Waals surface area contributed by atoms with Gasteiger partial charge in [0.05, 0.1) is 12.1 Å². The Morgan fingerprint density at radius 3 is 2.29 bits per heavy atom. The second-order valence-corrected chi connectivity index (χ2v) is 5.71. The van der Waals surface area contributed by atoms with Gasteiger partial charge in [0.2, 0.25) is 5.91 Å². The van der Waals surface area contributed by atoms with Gasteiger partial charge in [0.25, 0.3) is 5.91 Å². The van der Waals surface area contributed by atoms with Crippen LogP contribution >= 0.6 is 0 Å². The Bertz CT molecular complexity index is 505. The van der Waals surface area contributed by atoms with Crippen molar-refractivity contribution in [1.29, 1.82) is 0 Å². The van der Waals surface area contributed by atoms with Crippen LogP contribution in [-0.2, 0) is 4.79 Å². The van der Waals surface area contributed by atoms with E-state index in [2.05, 4.69) is 10.6 Å². The van der Waals surface area contributed by atoms with Crippen molar-refractivity contribution in [3.8, 4) is 0 Å². The molecule has 0 atom stereocenters. The minimum atomic E-state index is -0.481. The Balaban J connectivity index is 2.03. The van der Waals surface area contributed by atoms with Crippen molar-refractivity contribution < 1.29 is 14.7 Å². The summed E-state index contributed by atoms with van der Waals surface area (Å²) in [4.78, 5) is 23.3. The van der Waals surface area contributed by atoms with Crippen molar-refractivity contribution in [2.45, 2.75) is 44.6 Å². The van der Waals surface area contributed by atoms with E-state index in [0.29, 0.717) is 11.3 Å². The number of aliphatic hydroxyl groups excluding tert-OH is 1. The molecule has 1 aromatic carbocycles. The van der Waals surface area contributed by atoms with Crippen LogP contribution in [0.5, 0.6) is 0 Å². The van der Waals surface area contributed by atoms with Crippen molar-refractivity contribution in [2.75, 3.05) is 11.9 Å². The van der Waals surface area contributed by atoms with Crippen LogP contribution in [0.1, 0.15) is 49.4 Å². The molecule has 0 heterocycles. The Morgan fingerprint density at radius 2 is 1.76 bits per heavy atom. The third kappa shape index (κ3) is 4.04. The first-order valence-corrected chi connectivity index (χ1v) is 7.36. The summed E-state index contributed by atoms with van der Waals surface area (Å²) < 4.78 is 0. The molecule has 5 nitrogen and oxygen atoms in total. The molecule has 0 spiro atoms. The van der Waals surface area contributed by atoms with Crippen LogP contribution in [0, 0.1) is 0 Å². The van der Waals surface area contributed by atoms with E-state index in [1.807, 2.05) is 0 Å². The summed E-state index contributed by atoms with van der Waals surface area (Å²) in [6.45, 7) is 1.41. The molecule has 2 amide bonds. The molecule has 114 valence electrons. The zero-order valence-corrected chi connectivity index (χ0v) is 12.3.